The standard InChI is InChI=1S/C16H18N2O2/c19-15-13-7-2-3-8-14(13)16(20)18(15)12-6-11-17-9-4-1-5-10-17/h2-3,6-8,12H,1,4-5,9-11H2. The lowest BCUT2D eigenvalue weighted by Gasteiger charge is -2.24. The molecular weight excluding hydrogens is 252 g/mol. The van der Waals surface area contributed by atoms with Crippen molar-refractivity contribution in [3.05, 3.63) is 47.7 Å². The van der Waals surface area contributed by atoms with Crippen molar-refractivity contribution >= 4 is 11.8 Å². The molecule has 1 aromatic carbocycles. The van der Waals surface area contributed by atoms with Crippen LogP contribution in [0.15, 0.2) is 36.5 Å². The minimum atomic E-state index is -0.222. The van der Waals surface area contributed by atoms with Crippen LogP contribution in [0.2, 0.25) is 0 Å². The number of carbonyl (C=O) groups is 2. The second-order valence-electron chi connectivity index (χ2n) is 5.27. The van der Waals surface area contributed by atoms with Gasteiger partial charge in [0.05, 0.1) is 11.1 Å². The first-order chi connectivity index (χ1) is 9.77. The SMILES string of the molecule is O=C1c2ccccc2C(=O)N1C=CCN1CCCCC1. The van der Waals surface area contributed by atoms with Crippen LogP contribution in [0.25, 0.3) is 0 Å². The van der Waals surface area contributed by atoms with E-state index in [2.05, 4.69) is 4.90 Å². The number of carbonyl (C=O) groups excluding carboxylic acids is 2. The molecule has 0 saturated carbocycles. The molecule has 20 heavy (non-hydrogen) atoms. The molecule has 1 aromatic rings. The van der Waals surface area contributed by atoms with Crippen molar-refractivity contribution in [1.29, 1.82) is 0 Å². The monoisotopic (exact) mass is 270 g/mol. The predicted molar refractivity (Wildman–Crippen MR) is 76.4 cm³/mol. The number of likely N-dealkylation sites (tertiary alicyclic amines) is 1. The second-order valence-corrected chi connectivity index (χ2v) is 5.27. The normalized spacial score (nSPS) is 19.9. The van der Waals surface area contributed by atoms with Gasteiger partial charge in [-0.05, 0) is 38.1 Å². The molecule has 0 atom stereocenters. The van der Waals surface area contributed by atoms with Gasteiger partial charge in [0.25, 0.3) is 11.8 Å². The van der Waals surface area contributed by atoms with Crippen LogP contribution in [-0.4, -0.2) is 41.2 Å². The number of hydrogen-bond donors (Lipinski definition) is 0. The summed E-state index contributed by atoms with van der Waals surface area (Å²) in [6, 6.07) is 6.97. The van der Waals surface area contributed by atoms with Gasteiger partial charge in [-0.15, -0.1) is 0 Å². The summed E-state index contributed by atoms with van der Waals surface area (Å²) in [4.78, 5) is 27.8. The Labute approximate surface area is 118 Å². The van der Waals surface area contributed by atoms with Gasteiger partial charge in [0.1, 0.15) is 0 Å². The van der Waals surface area contributed by atoms with Gasteiger partial charge in [0.15, 0.2) is 0 Å². The van der Waals surface area contributed by atoms with E-state index in [9.17, 15) is 9.59 Å². The molecule has 0 bridgehead atoms. The first-order valence-electron chi connectivity index (χ1n) is 7.13. The highest BCUT2D eigenvalue weighted by atomic mass is 16.2. The molecule has 0 aromatic heterocycles. The van der Waals surface area contributed by atoms with E-state index in [4.69, 9.17) is 0 Å². The van der Waals surface area contributed by atoms with E-state index < -0.39 is 0 Å². The fourth-order valence-electron chi connectivity index (χ4n) is 2.79. The van der Waals surface area contributed by atoms with Crippen molar-refractivity contribution in [2.45, 2.75) is 19.3 Å². The Morgan fingerprint density at radius 1 is 0.950 bits per heavy atom. The second kappa shape index (κ2) is 5.59. The fraction of sp³-hybridized carbons (Fsp3) is 0.375. The van der Waals surface area contributed by atoms with Crippen LogP contribution >= 0.6 is 0 Å². The molecule has 3 rings (SSSR count). The average molecular weight is 270 g/mol. The lowest BCUT2D eigenvalue weighted by molar-refractivity contribution is 0.0720. The summed E-state index contributed by atoms with van der Waals surface area (Å²) < 4.78 is 0. The highest BCUT2D eigenvalue weighted by Crippen LogP contribution is 2.22. The van der Waals surface area contributed by atoms with Gasteiger partial charge in [-0.1, -0.05) is 24.6 Å². The van der Waals surface area contributed by atoms with Crippen LogP contribution in [0.5, 0.6) is 0 Å². The molecular formula is C16H18N2O2. The van der Waals surface area contributed by atoms with Crippen molar-refractivity contribution in [3.8, 4) is 0 Å². The molecule has 2 aliphatic heterocycles. The molecule has 0 radical (unpaired) electrons. The van der Waals surface area contributed by atoms with Gasteiger partial charge in [-0.2, -0.15) is 0 Å². The van der Waals surface area contributed by atoms with Gasteiger partial charge < -0.3 is 0 Å². The number of imide groups is 1. The Balaban J connectivity index is 1.67. The molecule has 0 spiro atoms. The maximum Gasteiger partial charge on any atom is 0.265 e. The third-order valence-corrected chi connectivity index (χ3v) is 3.89. The molecule has 0 aliphatic carbocycles. The molecule has 2 amide bonds. The van der Waals surface area contributed by atoms with Crippen molar-refractivity contribution in [3.63, 3.8) is 0 Å². The van der Waals surface area contributed by atoms with Crippen LogP contribution in [-0.2, 0) is 0 Å². The number of nitrogens with zero attached hydrogens (tertiary/aromatic N) is 2. The van der Waals surface area contributed by atoms with E-state index in [1.165, 1.54) is 24.2 Å². The average Bonchev–Trinajstić information content (AvgIpc) is 2.74. The van der Waals surface area contributed by atoms with Crippen molar-refractivity contribution in [2.24, 2.45) is 0 Å². The number of piperidine rings is 1. The quantitative estimate of drug-likeness (QED) is 0.791. The molecule has 1 fully saturated rings. The molecule has 104 valence electrons. The Hall–Kier alpha value is -1.94. The predicted octanol–water partition coefficient (Wildman–Crippen LogP) is 2.28. The minimum absolute atomic E-state index is 0.222. The summed E-state index contributed by atoms with van der Waals surface area (Å²) in [6.45, 7) is 3.01. The maximum absolute atomic E-state index is 12.1. The maximum atomic E-state index is 12.1. The van der Waals surface area contributed by atoms with Crippen LogP contribution in [0.4, 0.5) is 0 Å². The van der Waals surface area contributed by atoms with Gasteiger partial charge >= 0.3 is 0 Å². The van der Waals surface area contributed by atoms with Crippen LogP contribution in [0.1, 0.15) is 40.0 Å². The zero-order valence-corrected chi connectivity index (χ0v) is 11.4. The van der Waals surface area contributed by atoms with Gasteiger partial charge in [0.2, 0.25) is 0 Å². The third kappa shape index (κ3) is 2.39. The largest absolute Gasteiger partial charge is 0.300 e. The zero-order chi connectivity index (χ0) is 13.9. The minimum Gasteiger partial charge on any atom is -0.300 e. The van der Waals surface area contributed by atoms with Crippen LogP contribution in [0.3, 0.4) is 0 Å². The lowest BCUT2D eigenvalue weighted by atomic mass is 10.1. The summed E-state index contributed by atoms with van der Waals surface area (Å²) in [5.74, 6) is -0.444. The van der Waals surface area contributed by atoms with Gasteiger partial charge in [-0.3, -0.25) is 14.5 Å². The van der Waals surface area contributed by atoms with E-state index >= 15 is 0 Å². The van der Waals surface area contributed by atoms with Crippen molar-refractivity contribution in [2.75, 3.05) is 19.6 Å². The number of amides is 2. The van der Waals surface area contributed by atoms with Crippen molar-refractivity contribution in [1.82, 2.24) is 9.80 Å². The van der Waals surface area contributed by atoms with Crippen molar-refractivity contribution < 1.29 is 9.59 Å². The molecule has 2 heterocycles. The molecule has 2 aliphatic rings. The van der Waals surface area contributed by atoms with Crippen LogP contribution in [0, 0.1) is 0 Å². The molecule has 1 saturated heterocycles. The van der Waals surface area contributed by atoms with Gasteiger partial charge in [0, 0.05) is 12.7 Å². The molecule has 0 N–H and O–H groups in total. The summed E-state index contributed by atoms with van der Waals surface area (Å²) in [5, 5.41) is 0. The van der Waals surface area contributed by atoms with E-state index in [1.807, 2.05) is 6.08 Å². The summed E-state index contributed by atoms with van der Waals surface area (Å²) in [6.07, 6.45) is 7.31. The summed E-state index contributed by atoms with van der Waals surface area (Å²) in [7, 11) is 0. The first kappa shape index (κ1) is 13.1. The smallest absolute Gasteiger partial charge is 0.265 e. The van der Waals surface area contributed by atoms with Crippen LogP contribution < -0.4 is 0 Å². The third-order valence-electron chi connectivity index (χ3n) is 3.89. The number of rotatable bonds is 3. The lowest BCUT2D eigenvalue weighted by Crippen LogP contribution is -2.30. The number of benzene rings is 1. The molecule has 0 unspecified atom stereocenters. The van der Waals surface area contributed by atoms with E-state index in [0.717, 1.165) is 19.6 Å². The van der Waals surface area contributed by atoms with E-state index in [-0.39, 0.29) is 11.8 Å². The highest BCUT2D eigenvalue weighted by molar-refractivity contribution is 6.22. The number of hydrogen-bond acceptors (Lipinski definition) is 3. The first-order valence-corrected chi connectivity index (χ1v) is 7.13. The summed E-state index contributed by atoms with van der Waals surface area (Å²) >= 11 is 0. The molecule has 4 nitrogen and oxygen atoms in total. The zero-order valence-electron chi connectivity index (χ0n) is 11.4. The Bertz CT molecular complexity index is 524. The van der Waals surface area contributed by atoms with E-state index in [0.29, 0.717) is 11.1 Å². The molecule has 4 heteroatoms. The fourth-order valence-corrected chi connectivity index (χ4v) is 2.79. The topological polar surface area (TPSA) is 40.6 Å². The number of fused-ring (bicyclic) bond motifs is 1. The Morgan fingerprint density at radius 2 is 1.55 bits per heavy atom. The summed E-state index contributed by atoms with van der Waals surface area (Å²) in [5.41, 5.74) is 1.00. The highest BCUT2D eigenvalue weighted by Gasteiger charge is 2.33. The van der Waals surface area contributed by atoms with E-state index in [1.54, 1.807) is 30.5 Å². The van der Waals surface area contributed by atoms with Gasteiger partial charge in [-0.25, -0.2) is 4.90 Å². The Morgan fingerprint density at radius 3 is 2.15 bits per heavy atom. The Kier molecular flexibility index (Phi) is 3.65.